The second-order valence-electron chi connectivity index (χ2n) is 3.74. The van der Waals surface area contributed by atoms with E-state index in [9.17, 15) is 0 Å². The standard InChI is InChI=1S/C12H16N4/c1-2-7-16-8-6-15-12(16)11(13)10-4-3-5-14-9-10/h3-6,8-9,11H,2,7,13H2,1H3. The van der Waals surface area contributed by atoms with Crippen molar-refractivity contribution in [3.05, 3.63) is 48.3 Å². The minimum absolute atomic E-state index is 0.199. The summed E-state index contributed by atoms with van der Waals surface area (Å²) in [7, 11) is 0. The van der Waals surface area contributed by atoms with Gasteiger partial charge in [-0.15, -0.1) is 0 Å². The first-order valence-electron chi connectivity index (χ1n) is 5.49. The van der Waals surface area contributed by atoms with Crippen molar-refractivity contribution in [3.8, 4) is 0 Å². The number of nitrogens with zero attached hydrogens (tertiary/aromatic N) is 3. The summed E-state index contributed by atoms with van der Waals surface area (Å²) >= 11 is 0. The molecule has 0 aliphatic carbocycles. The van der Waals surface area contributed by atoms with Gasteiger partial charge in [-0.3, -0.25) is 4.98 Å². The molecule has 0 spiro atoms. The lowest BCUT2D eigenvalue weighted by atomic mass is 10.1. The second-order valence-corrected chi connectivity index (χ2v) is 3.74. The minimum atomic E-state index is -0.199. The summed E-state index contributed by atoms with van der Waals surface area (Å²) in [5.41, 5.74) is 7.16. The third-order valence-corrected chi connectivity index (χ3v) is 2.53. The van der Waals surface area contributed by atoms with E-state index >= 15 is 0 Å². The van der Waals surface area contributed by atoms with Crippen LogP contribution in [0.25, 0.3) is 0 Å². The Balaban J connectivity index is 2.27. The Bertz CT molecular complexity index is 435. The van der Waals surface area contributed by atoms with Gasteiger partial charge < -0.3 is 10.3 Å². The highest BCUT2D eigenvalue weighted by molar-refractivity contribution is 5.21. The van der Waals surface area contributed by atoms with Gasteiger partial charge in [-0.05, 0) is 18.1 Å². The highest BCUT2D eigenvalue weighted by atomic mass is 15.1. The molecule has 0 aliphatic rings. The van der Waals surface area contributed by atoms with E-state index in [-0.39, 0.29) is 6.04 Å². The molecule has 84 valence electrons. The molecule has 0 aromatic carbocycles. The lowest BCUT2D eigenvalue weighted by Gasteiger charge is -2.13. The van der Waals surface area contributed by atoms with Crippen molar-refractivity contribution in [1.29, 1.82) is 0 Å². The fourth-order valence-corrected chi connectivity index (χ4v) is 1.74. The fourth-order valence-electron chi connectivity index (χ4n) is 1.74. The fraction of sp³-hybridized carbons (Fsp3) is 0.333. The Morgan fingerprint density at radius 2 is 2.31 bits per heavy atom. The van der Waals surface area contributed by atoms with Gasteiger partial charge in [0.1, 0.15) is 5.82 Å². The van der Waals surface area contributed by atoms with E-state index in [1.807, 2.05) is 18.3 Å². The molecule has 0 radical (unpaired) electrons. The van der Waals surface area contributed by atoms with E-state index in [0.717, 1.165) is 24.4 Å². The van der Waals surface area contributed by atoms with Crippen molar-refractivity contribution in [2.75, 3.05) is 0 Å². The molecule has 2 aromatic rings. The summed E-state index contributed by atoms with van der Waals surface area (Å²) in [5, 5.41) is 0. The Kier molecular flexibility index (Phi) is 3.31. The summed E-state index contributed by atoms with van der Waals surface area (Å²) in [6.07, 6.45) is 8.36. The number of aromatic nitrogens is 3. The van der Waals surface area contributed by atoms with Gasteiger partial charge in [0, 0.05) is 31.3 Å². The first-order chi connectivity index (χ1) is 7.83. The van der Waals surface area contributed by atoms with Crippen LogP contribution in [0, 0.1) is 0 Å². The minimum Gasteiger partial charge on any atom is -0.333 e. The van der Waals surface area contributed by atoms with Crippen LogP contribution in [0.1, 0.15) is 30.8 Å². The highest BCUT2D eigenvalue weighted by Crippen LogP contribution is 2.16. The maximum atomic E-state index is 6.17. The average molecular weight is 216 g/mol. The molecule has 2 N–H and O–H groups in total. The van der Waals surface area contributed by atoms with Gasteiger partial charge in [-0.1, -0.05) is 13.0 Å². The zero-order valence-electron chi connectivity index (χ0n) is 9.37. The lowest BCUT2D eigenvalue weighted by molar-refractivity contribution is 0.612. The van der Waals surface area contributed by atoms with Crippen molar-refractivity contribution < 1.29 is 0 Å². The van der Waals surface area contributed by atoms with Crippen LogP contribution in [-0.4, -0.2) is 14.5 Å². The van der Waals surface area contributed by atoms with Crippen LogP contribution in [0.5, 0.6) is 0 Å². The van der Waals surface area contributed by atoms with Crippen LogP contribution in [0.15, 0.2) is 36.9 Å². The molecule has 2 aromatic heterocycles. The van der Waals surface area contributed by atoms with Crippen LogP contribution in [-0.2, 0) is 6.54 Å². The molecule has 0 saturated heterocycles. The van der Waals surface area contributed by atoms with Crippen molar-refractivity contribution in [3.63, 3.8) is 0 Å². The van der Waals surface area contributed by atoms with Crippen molar-refractivity contribution in [1.82, 2.24) is 14.5 Å². The topological polar surface area (TPSA) is 56.7 Å². The predicted octanol–water partition coefficient (Wildman–Crippen LogP) is 1.74. The molecule has 2 rings (SSSR count). The zero-order valence-corrected chi connectivity index (χ0v) is 9.37. The van der Waals surface area contributed by atoms with Crippen LogP contribution in [0.2, 0.25) is 0 Å². The van der Waals surface area contributed by atoms with E-state index in [1.54, 1.807) is 18.6 Å². The van der Waals surface area contributed by atoms with Gasteiger partial charge in [0.15, 0.2) is 0 Å². The Morgan fingerprint density at radius 3 is 3.00 bits per heavy atom. The van der Waals surface area contributed by atoms with Gasteiger partial charge >= 0.3 is 0 Å². The number of hydrogen-bond donors (Lipinski definition) is 1. The van der Waals surface area contributed by atoms with Crippen LogP contribution in [0.4, 0.5) is 0 Å². The number of rotatable bonds is 4. The molecule has 1 unspecified atom stereocenters. The van der Waals surface area contributed by atoms with Crippen LogP contribution in [0.3, 0.4) is 0 Å². The quantitative estimate of drug-likeness (QED) is 0.846. The molecule has 0 saturated carbocycles. The number of pyridine rings is 1. The summed E-state index contributed by atoms with van der Waals surface area (Å²) in [4.78, 5) is 8.40. The molecule has 2 heterocycles. The summed E-state index contributed by atoms with van der Waals surface area (Å²) in [6, 6.07) is 3.67. The molecule has 0 fully saturated rings. The summed E-state index contributed by atoms with van der Waals surface area (Å²) < 4.78 is 2.09. The molecule has 1 atom stereocenters. The molecule has 0 amide bonds. The van der Waals surface area contributed by atoms with Crippen molar-refractivity contribution in [2.45, 2.75) is 25.9 Å². The smallest absolute Gasteiger partial charge is 0.130 e. The largest absolute Gasteiger partial charge is 0.333 e. The van der Waals surface area contributed by atoms with E-state index < -0.39 is 0 Å². The van der Waals surface area contributed by atoms with Gasteiger partial charge in [-0.25, -0.2) is 4.98 Å². The number of aryl methyl sites for hydroxylation is 1. The average Bonchev–Trinajstić information content (AvgIpc) is 2.78. The van der Waals surface area contributed by atoms with E-state index in [0.29, 0.717) is 0 Å². The van der Waals surface area contributed by atoms with Crippen molar-refractivity contribution in [2.24, 2.45) is 5.73 Å². The second kappa shape index (κ2) is 4.90. The van der Waals surface area contributed by atoms with E-state index in [1.165, 1.54) is 0 Å². The van der Waals surface area contributed by atoms with Crippen molar-refractivity contribution >= 4 is 0 Å². The van der Waals surface area contributed by atoms with Gasteiger partial charge in [0.2, 0.25) is 0 Å². The van der Waals surface area contributed by atoms with E-state index in [2.05, 4.69) is 21.5 Å². The Morgan fingerprint density at radius 1 is 1.44 bits per heavy atom. The maximum absolute atomic E-state index is 6.17. The summed E-state index contributed by atoms with van der Waals surface area (Å²) in [5.74, 6) is 0.898. The van der Waals surface area contributed by atoms with Crippen LogP contribution >= 0.6 is 0 Å². The zero-order chi connectivity index (χ0) is 11.4. The Labute approximate surface area is 95.1 Å². The number of imidazole rings is 1. The Hall–Kier alpha value is -1.68. The van der Waals surface area contributed by atoms with Crippen LogP contribution < -0.4 is 5.73 Å². The van der Waals surface area contributed by atoms with E-state index in [4.69, 9.17) is 5.73 Å². The van der Waals surface area contributed by atoms with Gasteiger partial charge in [0.25, 0.3) is 0 Å². The molecule has 4 nitrogen and oxygen atoms in total. The maximum Gasteiger partial charge on any atom is 0.130 e. The first kappa shape index (κ1) is 10.8. The van der Waals surface area contributed by atoms with Gasteiger partial charge in [-0.2, -0.15) is 0 Å². The summed E-state index contributed by atoms with van der Waals surface area (Å²) in [6.45, 7) is 3.09. The SMILES string of the molecule is CCCn1ccnc1C(N)c1cccnc1. The predicted molar refractivity (Wildman–Crippen MR) is 62.8 cm³/mol. The number of nitrogens with two attached hydrogens (primary N) is 1. The molecule has 0 aliphatic heterocycles. The highest BCUT2D eigenvalue weighted by Gasteiger charge is 2.14. The molecular weight excluding hydrogens is 200 g/mol. The third-order valence-electron chi connectivity index (χ3n) is 2.53. The lowest BCUT2D eigenvalue weighted by Crippen LogP contribution is -2.18. The molecule has 0 bridgehead atoms. The third kappa shape index (κ3) is 2.12. The normalized spacial score (nSPS) is 12.6. The molecule has 4 heteroatoms. The molecular formula is C12H16N4. The number of hydrogen-bond acceptors (Lipinski definition) is 3. The first-order valence-corrected chi connectivity index (χ1v) is 5.49. The van der Waals surface area contributed by atoms with Gasteiger partial charge in [0.05, 0.1) is 6.04 Å². The molecule has 16 heavy (non-hydrogen) atoms. The monoisotopic (exact) mass is 216 g/mol.